The molecule has 1 amide bonds. The summed E-state index contributed by atoms with van der Waals surface area (Å²) in [5, 5.41) is 7.36. The van der Waals surface area contributed by atoms with Crippen LogP contribution in [0.2, 0.25) is 0 Å². The highest BCUT2D eigenvalue weighted by Gasteiger charge is 2.31. The molecule has 0 fully saturated rings. The first-order valence-electron chi connectivity index (χ1n) is 11.8. The van der Waals surface area contributed by atoms with Gasteiger partial charge in [0.25, 0.3) is 15.9 Å². The van der Waals surface area contributed by atoms with Crippen LogP contribution in [-0.4, -0.2) is 29.1 Å². The maximum Gasteiger partial charge on any atom is 0.416 e. The van der Waals surface area contributed by atoms with E-state index in [1.54, 1.807) is 48.5 Å². The molecule has 0 bridgehead atoms. The van der Waals surface area contributed by atoms with Gasteiger partial charge in [-0.1, -0.05) is 54.6 Å². The van der Waals surface area contributed by atoms with Gasteiger partial charge in [-0.3, -0.25) is 4.79 Å². The van der Waals surface area contributed by atoms with Crippen molar-refractivity contribution in [2.75, 3.05) is 5.32 Å². The average Bonchev–Trinajstić information content (AvgIpc) is 3.37. The zero-order valence-electron chi connectivity index (χ0n) is 20.5. The van der Waals surface area contributed by atoms with Gasteiger partial charge in [-0.25, -0.2) is 17.8 Å². The summed E-state index contributed by atoms with van der Waals surface area (Å²) >= 11 is 0. The van der Waals surface area contributed by atoms with E-state index in [0.717, 1.165) is 12.1 Å². The summed E-state index contributed by atoms with van der Waals surface area (Å²) in [6.07, 6.45) is -4.53. The standard InChI is InChI=1S/C28H20F3N5O3S/c29-28(30,31)21-10-7-11-23(18-21)36-25(19-8-3-1-4-9-19)33-27(34-36)32-22-16-14-20(15-17-22)26(37)35-40(38,39)24-12-5-2-6-13-24/h1-18H,(H,32,34)(H,35,37). The normalized spacial score (nSPS) is 11.7. The molecule has 4 aromatic carbocycles. The number of carbonyl (C=O) groups is 1. The third kappa shape index (κ3) is 5.86. The predicted molar refractivity (Wildman–Crippen MR) is 143 cm³/mol. The number of carbonyl (C=O) groups excluding carboxylic acids is 1. The average molecular weight is 564 g/mol. The van der Waals surface area contributed by atoms with Crippen LogP contribution >= 0.6 is 0 Å². The minimum atomic E-state index is -4.53. The van der Waals surface area contributed by atoms with Crippen LogP contribution in [0.1, 0.15) is 15.9 Å². The van der Waals surface area contributed by atoms with Crippen LogP contribution in [0.25, 0.3) is 17.1 Å². The summed E-state index contributed by atoms with van der Waals surface area (Å²) in [4.78, 5) is 17.0. The topological polar surface area (TPSA) is 106 Å². The minimum Gasteiger partial charge on any atom is -0.323 e. The monoisotopic (exact) mass is 563 g/mol. The van der Waals surface area contributed by atoms with E-state index in [1.165, 1.54) is 53.2 Å². The van der Waals surface area contributed by atoms with Gasteiger partial charge >= 0.3 is 6.18 Å². The fraction of sp³-hybridized carbons (Fsp3) is 0.0357. The number of anilines is 2. The lowest BCUT2D eigenvalue weighted by Crippen LogP contribution is -2.30. The number of sulfonamides is 1. The number of halogens is 3. The number of benzene rings is 4. The van der Waals surface area contributed by atoms with E-state index in [4.69, 9.17) is 0 Å². The first kappa shape index (κ1) is 26.6. The smallest absolute Gasteiger partial charge is 0.323 e. The molecule has 202 valence electrons. The predicted octanol–water partition coefficient (Wildman–Crippen LogP) is 5.82. The second-order valence-electron chi connectivity index (χ2n) is 8.53. The Morgan fingerprint density at radius 1 is 0.800 bits per heavy atom. The maximum atomic E-state index is 13.3. The van der Waals surface area contributed by atoms with E-state index in [2.05, 4.69) is 15.4 Å². The molecule has 1 heterocycles. The minimum absolute atomic E-state index is 0.0433. The molecule has 40 heavy (non-hydrogen) atoms. The van der Waals surface area contributed by atoms with Crippen LogP contribution in [0.4, 0.5) is 24.8 Å². The van der Waals surface area contributed by atoms with Gasteiger partial charge in [-0.05, 0) is 54.6 Å². The zero-order chi connectivity index (χ0) is 28.3. The lowest BCUT2D eigenvalue weighted by atomic mass is 10.2. The molecule has 8 nitrogen and oxygen atoms in total. The van der Waals surface area contributed by atoms with Crippen molar-refractivity contribution < 1.29 is 26.4 Å². The van der Waals surface area contributed by atoms with Crippen molar-refractivity contribution >= 4 is 27.6 Å². The van der Waals surface area contributed by atoms with Crippen molar-refractivity contribution in [2.45, 2.75) is 11.1 Å². The highest BCUT2D eigenvalue weighted by molar-refractivity contribution is 7.90. The number of amides is 1. The third-order valence-electron chi connectivity index (χ3n) is 5.74. The molecule has 0 atom stereocenters. The van der Waals surface area contributed by atoms with Crippen LogP contribution in [-0.2, 0) is 16.2 Å². The highest BCUT2D eigenvalue weighted by atomic mass is 32.2. The summed E-state index contributed by atoms with van der Waals surface area (Å²) in [7, 11) is -4.04. The van der Waals surface area contributed by atoms with Crippen LogP contribution < -0.4 is 10.0 Å². The molecule has 12 heteroatoms. The van der Waals surface area contributed by atoms with Crippen molar-refractivity contribution in [3.8, 4) is 17.1 Å². The summed E-state index contributed by atoms with van der Waals surface area (Å²) in [6.45, 7) is 0. The van der Waals surface area contributed by atoms with E-state index in [-0.39, 0.29) is 22.1 Å². The Morgan fingerprint density at radius 3 is 2.10 bits per heavy atom. The van der Waals surface area contributed by atoms with Gasteiger partial charge < -0.3 is 5.32 Å². The molecule has 0 aliphatic heterocycles. The Morgan fingerprint density at radius 2 is 1.45 bits per heavy atom. The number of rotatable bonds is 7. The molecular formula is C28H20F3N5O3S. The molecular weight excluding hydrogens is 543 g/mol. The van der Waals surface area contributed by atoms with Crippen LogP contribution in [0, 0.1) is 0 Å². The molecule has 0 aliphatic rings. The number of alkyl halides is 3. The highest BCUT2D eigenvalue weighted by Crippen LogP contribution is 2.31. The fourth-order valence-electron chi connectivity index (χ4n) is 3.81. The van der Waals surface area contributed by atoms with Gasteiger partial charge in [0.2, 0.25) is 5.95 Å². The first-order valence-corrected chi connectivity index (χ1v) is 13.3. The van der Waals surface area contributed by atoms with Crippen molar-refractivity contribution in [1.82, 2.24) is 19.5 Å². The molecule has 0 aliphatic carbocycles. The number of aromatic nitrogens is 3. The van der Waals surface area contributed by atoms with Gasteiger partial charge in [-0.2, -0.15) is 18.2 Å². The van der Waals surface area contributed by atoms with Gasteiger partial charge in [0.1, 0.15) is 0 Å². The Labute approximate surface area is 227 Å². The Bertz CT molecular complexity index is 1760. The Hall–Kier alpha value is -4.97. The SMILES string of the molecule is O=C(NS(=O)(=O)c1ccccc1)c1ccc(Nc2nc(-c3ccccc3)n(-c3cccc(C(F)(F)F)c3)n2)cc1. The lowest BCUT2D eigenvalue weighted by molar-refractivity contribution is -0.137. The van der Waals surface area contributed by atoms with E-state index in [9.17, 15) is 26.4 Å². The molecule has 0 saturated carbocycles. The van der Waals surface area contributed by atoms with Gasteiger partial charge in [0.15, 0.2) is 5.82 Å². The van der Waals surface area contributed by atoms with Gasteiger partial charge in [-0.15, -0.1) is 5.10 Å². The maximum absolute atomic E-state index is 13.3. The Kier molecular flexibility index (Phi) is 7.09. The van der Waals surface area contributed by atoms with Gasteiger partial charge in [0.05, 0.1) is 16.1 Å². The van der Waals surface area contributed by atoms with Crippen LogP contribution in [0.5, 0.6) is 0 Å². The summed E-state index contributed by atoms with van der Waals surface area (Å²) in [6, 6.07) is 27.0. The lowest BCUT2D eigenvalue weighted by Gasteiger charge is -2.10. The molecule has 0 spiro atoms. The molecule has 5 rings (SSSR count). The molecule has 0 unspecified atom stereocenters. The second kappa shape index (κ2) is 10.7. The molecule has 0 radical (unpaired) electrons. The summed E-state index contributed by atoms with van der Waals surface area (Å²) < 4.78 is 68.3. The quantitative estimate of drug-likeness (QED) is 0.259. The van der Waals surface area contributed by atoms with Crippen molar-refractivity contribution in [3.63, 3.8) is 0 Å². The number of hydrogen-bond donors (Lipinski definition) is 2. The number of hydrogen-bond acceptors (Lipinski definition) is 6. The summed E-state index contributed by atoms with van der Waals surface area (Å²) in [5.41, 5.74) is 0.533. The third-order valence-corrected chi connectivity index (χ3v) is 7.09. The van der Waals surface area contributed by atoms with Crippen LogP contribution in [0.15, 0.2) is 114 Å². The Balaban J connectivity index is 1.40. The fourth-order valence-corrected chi connectivity index (χ4v) is 4.80. The van der Waals surface area contributed by atoms with Gasteiger partial charge in [0, 0.05) is 16.8 Å². The molecule has 0 saturated heterocycles. The number of nitrogens with zero attached hydrogens (tertiary/aromatic N) is 3. The molecule has 5 aromatic rings. The first-order chi connectivity index (χ1) is 19.1. The zero-order valence-corrected chi connectivity index (χ0v) is 21.3. The van der Waals surface area contributed by atoms with E-state index >= 15 is 0 Å². The van der Waals surface area contributed by atoms with E-state index < -0.39 is 27.7 Å². The largest absolute Gasteiger partial charge is 0.416 e. The molecule has 1 aromatic heterocycles. The second-order valence-corrected chi connectivity index (χ2v) is 10.2. The van der Waals surface area contributed by atoms with E-state index in [0.29, 0.717) is 17.1 Å². The molecule has 2 N–H and O–H groups in total. The van der Waals surface area contributed by atoms with Crippen molar-refractivity contribution in [1.29, 1.82) is 0 Å². The number of nitrogens with one attached hydrogen (secondary N) is 2. The van der Waals surface area contributed by atoms with Crippen LogP contribution in [0.3, 0.4) is 0 Å². The van der Waals surface area contributed by atoms with Crippen molar-refractivity contribution in [2.24, 2.45) is 0 Å². The van der Waals surface area contributed by atoms with Crippen molar-refractivity contribution in [3.05, 3.63) is 120 Å². The van der Waals surface area contributed by atoms with E-state index in [1.807, 2.05) is 4.72 Å². The summed E-state index contributed by atoms with van der Waals surface area (Å²) in [5.74, 6) is -0.404.